The number of benzene rings is 3. The normalized spacial score (nSPS) is 12.3. The summed E-state index contributed by atoms with van der Waals surface area (Å²) in [5.74, 6) is 1.12. The van der Waals surface area contributed by atoms with Crippen molar-refractivity contribution in [3.63, 3.8) is 0 Å². The van der Waals surface area contributed by atoms with Gasteiger partial charge in [-0.05, 0) is 60.4 Å². The molecule has 0 saturated heterocycles. The fourth-order valence-electron chi connectivity index (χ4n) is 4.20. The van der Waals surface area contributed by atoms with E-state index >= 15 is 0 Å². The molecule has 4 aromatic rings. The lowest BCUT2D eigenvalue weighted by atomic mass is 10.1. The first-order chi connectivity index (χ1) is 14.6. The Labute approximate surface area is 192 Å². The van der Waals surface area contributed by atoms with Crippen molar-refractivity contribution in [1.29, 1.82) is 0 Å². The maximum absolute atomic E-state index is 12.9. The van der Waals surface area contributed by atoms with Crippen LogP contribution in [0.4, 0.5) is 0 Å². The summed E-state index contributed by atoms with van der Waals surface area (Å²) in [6.45, 7) is 6.12. The van der Waals surface area contributed by atoms with Crippen molar-refractivity contribution in [2.24, 2.45) is 0 Å². The van der Waals surface area contributed by atoms with E-state index in [4.69, 9.17) is 4.74 Å². The summed E-state index contributed by atoms with van der Waals surface area (Å²) in [6.07, 6.45) is 3.05. The highest BCUT2D eigenvalue weighted by molar-refractivity contribution is 5.96. The predicted octanol–water partition coefficient (Wildman–Crippen LogP) is 1.42. The van der Waals surface area contributed by atoms with Gasteiger partial charge in [-0.1, -0.05) is 36.4 Å². The summed E-state index contributed by atoms with van der Waals surface area (Å²) in [5, 5.41) is 0. The van der Waals surface area contributed by atoms with Crippen LogP contribution >= 0.6 is 0 Å². The van der Waals surface area contributed by atoms with Crippen LogP contribution in [0, 0.1) is 13.8 Å². The number of aryl methyl sites for hydroxylation is 2. The number of halogens is 1. The number of carbonyl (C=O) groups excluding carboxylic acids is 1. The molecule has 1 aliphatic rings. The van der Waals surface area contributed by atoms with Gasteiger partial charge in [-0.25, -0.2) is 9.13 Å². The Bertz CT molecular complexity index is 1260. The van der Waals surface area contributed by atoms with Gasteiger partial charge in [-0.15, -0.1) is 0 Å². The van der Waals surface area contributed by atoms with E-state index < -0.39 is 0 Å². The summed E-state index contributed by atoms with van der Waals surface area (Å²) in [6, 6.07) is 20.4. The van der Waals surface area contributed by atoms with Crippen molar-refractivity contribution >= 4 is 16.8 Å². The van der Waals surface area contributed by atoms with Gasteiger partial charge in [0, 0.05) is 12.0 Å². The van der Waals surface area contributed by atoms with Crippen LogP contribution in [0.5, 0.6) is 5.75 Å². The van der Waals surface area contributed by atoms with Crippen molar-refractivity contribution < 1.29 is 31.1 Å². The number of ether oxygens (including phenoxy) is 1. The van der Waals surface area contributed by atoms with Gasteiger partial charge in [-0.3, -0.25) is 4.79 Å². The maximum atomic E-state index is 12.9. The molecule has 5 rings (SSSR count). The summed E-state index contributed by atoms with van der Waals surface area (Å²) >= 11 is 0. The zero-order chi connectivity index (χ0) is 20.7. The third-order valence-electron chi connectivity index (χ3n) is 6.01. The Balaban J connectivity index is 0.00000231. The first-order valence-electron chi connectivity index (χ1n) is 10.4. The van der Waals surface area contributed by atoms with E-state index in [-0.39, 0.29) is 22.8 Å². The summed E-state index contributed by atoms with van der Waals surface area (Å²) in [5.41, 5.74) is 8.00. The van der Waals surface area contributed by atoms with Crippen LogP contribution in [0.15, 0.2) is 67.0 Å². The minimum atomic E-state index is 0. The maximum Gasteiger partial charge on any atom is 0.245 e. The molecule has 0 aliphatic carbocycles. The Morgan fingerprint density at radius 2 is 1.81 bits per heavy atom. The Hall–Kier alpha value is -2.92. The number of fused-ring (bicyclic) bond motifs is 2. The standard InChI is InChI=1S/C26H25N2O2.BrH/c1-18-12-23-24(13-19(18)2)28(16-25(29)21-6-4-3-5-7-21)17-27(23)15-20-8-9-26-22(14-20)10-11-30-26;/h3-9,12-14,17H,10-11,15-16H2,1-2H3;1H/q+1;/p-1. The topological polar surface area (TPSA) is 35.1 Å². The molecule has 158 valence electrons. The van der Waals surface area contributed by atoms with Crippen LogP contribution in [0.25, 0.3) is 11.0 Å². The number of Topliss-reactive ketones (excluding diaryl/α,β-unsaturated/α-hetero) is 1. The van der Waals surface area contributed by atoms with Gasteiger partial charge in [0.1, 0.15) is 12.3 Å². The molecule has 0 bridgehead atoms. The van der Waals surface area contributed by atoms with E-state index in [9.17, 15) is 4.79 Å². The summed E-state index contributed by atoms with van der Waals surface area (Å²) in [4.78, 5) is 12.9. The smallest absolute Gasteiger partial charge is 0.245 e. The minimum Gasteiger partial charge on any atom is -1.00 e. The van der Waals surface area contributed by atoms with E-state index in [2.05, 4.69) is 59.6 Å². The van der Waals surface area contributed by atoms with Gasteiger partial charge >= 0.3 is 0 Å². The highest BCUT2D eigenvalue weighted by Gasteiger charge is 2.21. The van der Waals surface area contributed by atoms with Crippen LogP contribution in [-0.4, -0.2) is 17.0 Å². The molecule has 2 heterocycles. The van der Waals surface area contributed by atoms with Crippen molar-refractivity contribution in [2.75, 3.05) is 6.61 Å². The molecule has 0 fully saturated rings. The number of imidazole rings is 1. The molecular formula is C26H25BrN2O2. The highest BCUT2D eigenvalue weighted by atomic mass is 79.9. The predicted molar refractivity (Wildman–Crippen MR) is 117 cm³/mol. The SMILES string of the molecule is Cc1cc2c(cc1C)[n+](Cc1ccc3c(c1)CCO3)cn2CC(=O)c1ccccc1.[Br-]. The van der Waals surface area contributed by atoms with Gasteiger partial charge in [0.2, 0.25) is 12.1 Å². The molecule has 0 atom stereocenters. The van der Waals surface area contributed by atoms with Gasteiger partial charge < -0.3 is 21.7 Å². The lowest BCUT2D eigenvalue weighted by molar-refractivity contribution is -0.663. The molecule has 0 amide bonds. The third kappa shape index (κ3) is 4.15. The largest absolute Gasteiger partial charge is 1.00 e. The lowest BCUT2D eigenvalue weighted by Crippen LogP contribution is -3.00. The summed E-state index contributed by atoms with van der Waals surface area (Å²) in [7, 11) is 0. The van der Waals surface area contributed by atoms with Gasteiger partial charge in [-0.2, -0.15) is 0 Å². The fraction of sp³-hybridized carbons (Fsp3) is 0.231. The van der Waals surface area contributed by atoms with Crippen molar-refractivity contribution in [3.05, 3.63) is 94.8 Å². The Morgan fingerprint density at radius 1 is 1.03 bits per heavy atom. The van der Waals surface area contributed by atoms with E-state index in [0.29, 0.717) is 6.54 Å². The molecule has 5 heteroatoms. The molecule has 31 heavy (non-hydrogen) atoms. The number of carbonyl (C=O) groups is 1. The van der Waals surface area contributed by atoms with E-state index in [1.165, 1.54) is 22.3 Å². The first kappa shape index (κ1) is 21.3. The number of hydrogen-bond donors (Lipinski definition) is 0. The molecule has 1 aromatic heterocycles. The second-order valence-corrected chi connectivity index (χ2v) is 8.13. The molecule has 0 saturated carbocycles. The Morgan fingerprint density at radius 3 is 2.61 bits per heavy atom. The number of hydrogen-bond acceptors (Lipinski definition) is 2. The molecule has 3 aromatic carbocycles. The minimum absolute atomic E-state index is 0. The second kappa shape index (κ2) is 8.67. The van der Waals surface area contributed by atoms with Gasteiger partial charge in [0.25, 0.3) is 0 Å². The molecule has 1 aliphatic heterocycles. The van der Waals surface area contributed by atoms with Crippen LogP contribution < -0.4 is 26.3 Å². The van der Waals surface area contributed by atoms with E-state index in [1.807, 2.05) is 30.3 Å². The van der Waals surface area contributed by atoms with Crippen LogP contribution in [0.2, 0.25) is 0 Å². The van der Waals surface area contributed by atoms with Gasteiger partial charge in [0.05, 0.1) is 6.61 Å². The second-order valence-electron chi connectivity index (χ2n) is 8.13. The van der Waals surface area contributed by atoms with Crippen LogP contribution in [-0.2, 0) is 19.5 Å². The fourth-order valence-corrected chi connectivity index (χ4v) is 4.20. The molecule has 0 unspecified atom stereocenters. The van der Waals surface area contributed by atoms with Gasteiger partial charge in [0.15, 0.2) is 17.6 Å². The van der Waals surface area contributed by atoms with Crippen LogP contribution in [0.1, 0.15) is 32.6 Å². The average molecular weight is 477 g/mol. The molecular weight excluding hydrogens is 452 g/mol. The van der Waals surface area contributed by atoms with Crippen molar-refractivity contribution in [3.8, 4) is 5.75 Å². The lowest BCUT2D eigenvalue weighted by Gasteiger charge is -2.03. The highest BCUT2D eigenvalue weighted by Crippen LogP contribution is 2.26. The summed E-state index contributed by atoms with van der Waals surface area (Å²) < 4.78 is 9.97. The monoisotopic (exact) mass is 476 g/mol. The van der Waals surface area contributed by atoms with E-state index in [0.717, 1.165) is 41.9 Å². The quantitative estimate of drug-likeness (QED) is 0.322. The Kier molecular flexibility index (Phi) is 5.96. The third-order valence-corrected chi connectivity index (χ3v) is 6.01. The van der Waals surface area contributed by atoms with Crippen LogP contribution in [0.3, 0.4) is 0 Å². The number of nitrogens with zero attached hydrogens (tertiary/aromatic N) is 2. The zero-order valence-corrected chi connectivity index (χ0v) is 19.4. The van der Waals surface area contributed by atoms with Crippen molar-refractivity contribution in [1.82, 2.24) is 4.57 Å². The molecule has 0 N–H and O–H groups in total. The zero-order valence-electron chi connectivity index (χ0n) is 17.8. The number of aromatic nitrogens is 2. The molecule has 0 radical (unpaired) electrons. The number of rotatable bonds is 5. The molecule has 0 spiro atoms. The number of ketones is 1. The molecule has 4 nitrogen and oxygen atoms in total. The van der Waals surface area contributed by atoms with Crippen molar-refractivity contribution in [2.45, 2.75) is 33.4 Å². The van der Waals surface area contributed by atoms with E-state index in [1.54, 1.807) is 0 Å². The first-order valence-corrected chi connectivity index (χ1v) is 10.4. The average Bonchev–Trinajstić information content (AvgIpc) is 3.34.